The summed E-state index contributed by atoms with van der Waals surface area (Å²) in [4.78, 5) is 19.1. The summed E-state index contributed by atoms with van der Waals surface area (Å²) in [6.45, 7) is 3.88. The molecule has 6 heteroatoms. The second-order valence-electron chi connectivity index (χ2n) is 4.50. The fourth-order valence-electron chi connectivity index (χ4n) is 1.71. The smallest absolute Gasteiger partial charge is 0.239 e. The summed E-state index contributed by atoms with van der Waals surface area (Å²) in [5, 5.41) is 7.99. The van der Waals surface area contributed by atoms with Gasteiger partial charge in [-0.1, -0.05) is 13.0 Å². The van der Waals surface area contributed by atoms with Gasteiger partial charge in [0.05, 0.1) is 6.54 Å². The number of guanidine groups is 1. The van der Waals surface area contributed by atoms with E-state index < -0.39 is 0 Å². The van der Waals surface area contributed by atoms with Gasteiger partial charge in [0, 0.05) is 32.1 Å². The molecule has 2 N–H and O–H groups in total. The molecule has 0 atom stereocenters. The maximum Gasteiger partial charge on any atom is 0.239 e. The fraction of sp³-hybridized carbons (Fsp3) is 0.571. The molecule has 112 valence electrons. The molecule has 0 aliphatic rings. The molecule has 0 saturated heterocycles. The van der Waals surface area contributed by atoms with E-state index >= 15 is 0 Å². The minimum absolute atomic E-state index is 0.000318. The van der Waals surface area contributed by atoms with Crippen LogP contribution in [0, 0.1) is 0 Å². The predicted molar refractivity (Wildman–Crippen MR) is 85.3 cm³/mol. The molecule has 1 aromatic rings. The van der Waals surface area contributed by atoms with Gasteiger partial charge >= 0.3 is 0 Å². The Balaban J connectivity index is 2.32. The highest BCUT2D eigenvalue weighted by molar-refractivity contribution is 7.09. The number of nitrogens with zero attached hydrogens (tertiary/aromatic N) is 2. The Morgan fingerprint density at radius 2 is 2.25 bits per heavy atom. The van der Waals surface area contributed by atoms with Crippen molar-refractivity contribution in [3.05, 3.63) is 22.4 Å². The minimum Gasteiger partial charge on any atom is -0.355 e. The number of aliphatic imine (C=N–C) groups is 1. The minimum atomic E-state index is -0.000318. The molecule has 0 fully saturated rings. The van der Waals surface area contributed by atoms with Crippen LogP contribution in [-0.4, -0.2) is 50.5 Å². The van der Waals surface area contributed by atoms with Gasteiger partial charge in [0.1, 0.15) is 0 Å². The van der Waals surface area contributed by atoms with Crippen molar-refractivity contribution in [1.82, 2.24) is 15.5 Å². The van der Waals surface area contributed by atoms with Crippen LogP contribution in [0.3, 0.4) is 0 Å². The van der Waals surface area contributed by atoms with Crippen molar-refractivity contribution >= 4 is 23.2 Å². The monoisotopic (exact) mass is 296 g/mol. The molecule has 1 heterocycles. The van der Waals surface area contributed by atoms with Crippen molar-refractivity contribution in [2.75, 3.05) is 33.7 Å². The van der Waals surface area contributed by atoms with Crippen molar-refractivity contribution in [2.24, 2.45) is 4.99 Å². The van der Waals surface area contributed by atoms with Gasteiger partial charge in [-0.05, 0) is 24.3 Å². The number of thiophene rings is 1. The van der Waals surface area contributed by atoms with E-state index in [1.807, 2.05) is 18.9 Å². The van der Waals surface area contributed by atoms with Crippen LogP contribution in [0.2, 0.25) is 0 Å². The van der Waals surface area contributed by atoms with E-state index in [0.29, 0.717) is 6.54 Å². The van der Waals surface area contributed by atoms with E-state index in [1.165, 1.54) is 4.88 Å². The first-order valence-corrected chi connectivity index (χ1v) is 7.76. The molecule has 0 aliphatic heterocycles. The van der Waals surface area contributed by atoms with E-state index in [1.54, 1.807) is 18.4 Å². The molecule has 0 bridgehead atoms. The third kappa shape index (κ3) is 6.06. The zero-order valence-corrected chi connectivity index (χ0v) is 13.3. The molecule has 1 aromatic heterocycles. The Morgan fingerprint density at radius 1 is 1.45 bits per heavy atom. The Hall–Kier alpha value is -1.56. The van der Waals surface area contributed by atoms with E-state index in [0.717, 1.165) is 25.3 Å². The van der Waals surface area contributed by atoms with Gasteiger partial charge < -0.3 is 15.5 Å². The standard InChI is InChI=1S/C14H24N4OS/c1-4-8-16-13(19)11-17-14(15-2)18(3)9-7-12-6-5-10-20-12/h5-6,10H,4,7-9,11H2,1-3H3,(H,15,17)(H,16,19). The lowest BCUT2D eigenvalue weighted by atomic mass is 10.3. The van der Waals surface area contributed by atoms with Crippen molar-refractivity contribution in [3.63, 3.8) is 0 Å². The Kier molecular flexibility index (Phi) is 7.72. The zero-order valence-electron chi connectivity index (χ0n) is 12.5. The van der Waals surface area contributed by atoms with Gasteiger partial charge in [-0.15, -0.1) is 11.3 Å². The number of hydrogen-bond donors (Lipinski definition) is 2. The van der Waals surface area contributed by atoms with Crippen LogP contribution in [0.25, 0.3) is 0 Å². The molecule has 0 unspecified atom stereocenters. The second kappa shape index (κ2) is 9.36. The van der Waals surface area contributed by atoms with Crippen LogP contribution in [0.4, 0.5) is 0 Å². The molecule has 20 heavy (non-hydrogen) atoms. The maximum atomic E-state index is 11.5. The number of carbonyl (C=O) groups is 1. The van der Waals surface area contributed by atoms with Crippen LogP contribution < -0.4 is 10.6 Å². The highest BCUT2D eigenvalue weighted by Gasteiger charge is 2.08. The largest absolute Gasteiger partial charge is 0.355 e. The topological polar surface area (TPSA) is 56.7 Å². The van der Waals surface area contributed by atoms with Gasteiger partial charge in [0.2, 0.25) is 5.91 Å². The molecule has 0 radical (unpaired) electrons. The van der Waals surface area contributed by atoms with Crippen molar-refractivity contribution in [1.29, 1.82) is 0 Å². The van der Waals surface area contributed by atoms with E-state index in [9.17, 15) is 4.79 Å². The third-order valence-electron chi connectivity index (χ3n) is 2.83. The number of nitrogens with one attached hydrogen (secondary N) is 2. The lowest BCUT2D eigenvalue weighted by Gasteiger charge is -2.21. The van der Waals surface area contributed by atoms with Gasteiger partial charge in [0.25, 0.3) is 0 Å². The first-order chi connectivity index (χ1) is 9.67. The predicted octanol–water partition coefficient (Wildman–Crippen LogP) is 1.32. The number of amides is 1. The Labute approximate surface area is 125 Å². The first-order valence-electron chi connectivity index (χ1n) is 6.88. The Bertz CT molecular complexity index is 417. The summed E-state index contributed by atoms with van der Waals surface area (Å²) in [5.41, 5.74) is 0. The quantitative estimate of drug-likeness (QED) is 0.589. The van der Waals surface area contributed by atoms with Gasteiger partial charge in [-0.25, -0.2) is 0 Å². The molecular formula is C14H24N4OS. The lowest BCUT2D eigenvalue weighted by Crippen LogP contribution is -2.44. The van der Waals surface area contributed by atoms with Crippen LogP contribution >= 0.6 is 11.3 Å². The zero-order chi connectivity index (χ0) is 14.8. The van der Waals surface area contributed by atoms with Crippen LogP contribution in [-0.2, 0) is 11.2 Å². The summed E-state index contributed by atoms with van der Waals surface area (Å²) in [6.07, 6.45) is 1.93. The average molecular weight is 296 g/mol. The SMILES string of the molecule is CCCNC(=O)CNC(=NC)N(C)CCc1cccs1. The highest BCUT2D eigenvalue weighted by Crippen LogP contribution is 2.09. The van der Waals surface area contributed by atoms with E-state index in [2.05, 4.69) is 33.1 Å². The maximum absolute atomic E-state index is 11.5. The van der Waals surface area contributed by atoms with Crippen LogP contribution in [0.5, 0.6) is 0 Å². The Morgan fingerprint density at radius 3 is 2.85 bits per heavy atom. The van der Waals surface area contributed by atoms with Gasteiger partial charge in [0.15, 0.2) is 5.96 Å². The number of carbonyl (C=O) groups excluding carboxylic acids is 1. The fourth-order valence-corrected chi connectivity index (χ4v) is 2.41. The molecule has 0 aliphatic carbocycles. The normalized spacial score (nSPS) is 11.2. The molecule has 0 aromatic carbocycles. The number of likely N-dealkylation sites (N-methyl/N-ethyl adjacent to an activating group) is 1. The molecule has 1 rings (SSSR count). The van der Waals surface area contributed by atoms with E-state index in [-0.39, 0.29) is 12.5 Å². The average Bonchev–Trinajstić information content (AvgIpc) is 2.96. The highest BCUT2D eigenvalue weighted by atomic mass is 32.1. The first kappa shape index (κ1) is 16.5. The molecular weight excluding hydrogens is 272 g/mol. The third-order valence-corrected chi connectivity index (χ3v) is 3.76. The number of hydrogen-bond acceptors (Lipinski definition) is 3. The molecule has 1 amide bonds. The molecule has 5 nitrogen and oxygen atoms in total. The number of rotatable bonds is 7. The summed E-state index contributed by atoms with van der Waals surface area (Å²) < 4.78 is 0. The summed E-state index contributed by atoms with van der Waals surface area (Å²) in [7, 11) is 3.71. The summed E-state index contributed by atoms with van der Waals surface area (Å²) in [6, 6.07) is 4.19. The van der Waals surface area contributed by atoms with E-state index in [4.69, 9.17) is 0 Å². The van der Waals surface area contributed by atoms with Gasteiger partial charge in [-0.2, -0.15) is 0 Å². The van der Waals surface area contributed by atoms with Crippen molar-refractivity contribution in [2.45, 2.75) is 19.8 Å². The summed E-state index contributed by atoms with van der Waals surface area (Å²) >= 11 is 1.76. The van der Waals surface area contributed by atoms with Crippen molar-refractivity contribution in [3.8, 4) is 0 Å². The molecule has 0 spiro atoms. The van der Waals surface area contributed by atoms with Gasteiger partial charge in [-0.3, -0.25) is 9.79 Å². The lowest BCUT2D eigenvalue weighted by molar-refractivity contribution is -0.120. The second-order valence-corrected chi connectivity index (χ2v) is 5.53. The molecule has 0 saturated carbocycles. The van der Waals surface area contributed by atoms with Crippen LogP contribution in [0.15, 0.2) is 22.5 Å². The summed E-state index contributed by atoms with van der Waals surface area (Å²) in [5.74, 6) is 0.743. The van der Waals surface area contributed by atoms with Crippen molar-refractivity contribution < 1.29 is 4.79 Å². The van der Waals surface area contributed by atoms with Crippen LogP contribution in [0.1, 0.15) is 18.2 Å².